The van der Waals surface area contributed by atoms with Gasteiger partial charge in [0.1, 0.15) is 22.1 Å². The molecule has 3 atom stereocenters. The van der Waals surface area contributed by atoms with Gasteiger partial charge in [-0.15, -0.1) is 6.58 Å². The lowest BCUT2D eigenvalue weighted by atomic mass is 9.68. The minimum atomic E-state index is -3.82. The number of hydrogen-bond acceptors (Lipinski definition) is 8. The van der Waals surface area contributed by atoms with E-state index in [2.05, 4.69) is 55.7 Å². The summed E-state index contributed by atoms with van der Waals surface area (Å²) in [6.45, 7) is 7.91. The van der Waals surface area contributed by atoms with Gasteiger partial charge in [0.25, 0.3) is 10.0 Å². The minimum absolute atomic E-state index is 0.0377. The van der Waals surface area contributed by atoms with Crippen molar-refractivity contribution < 1.29 is 23.0 Å². The largest absolute Gasteiger partial charge is 0.492 e. The van der Waals surface area contributed by atoms with E-state index >= 15 is 0 Å². The number of ether oxygens (including phenoxy) is 2. The summed E-state index contributed by atoms with van der Waals surface area (Å²) in [5, 5.41) is 15.0. The number of aryl methyl sites for hydroxylation is 1. The number of hydrogen-bond donors (Lipinski definition) is 2. The van der Waals surface area contributed by atoms with E-state index in [1.54, 1.807) is 24.3 Å². The predicted molar refractivity (Wildman–Crippen MR) is 181 cm³/mol. The molecular weight excluding hydrogens is 662 g/mol. The monoisotopic (exact) mass is 703 g/mol. The molecule has 1 unspecified atom stereocenters. The van der Waals surface area contributed by atoms with Crippen molar-refractivity contribution in [3.8, 4) is 11.5 Å². The number of nitrogens with zero attached hydrogens (tertiary/aromatic N) is 2. The summed E-state index contributed by atoms with van der Waals surface area (Å²) in [6.07, 6.45) is 12.8. The summed E-state index contributed by atoms with van der Waals surface area (Å²) < 4.78 is 39.7. The lowest BCUT2D eigenvalue weighted by Crippen LogP contribution is -2.46. The fraction of sp³-hybridized carbons (Fsp3) is 0.485. The lowest BCUT2D eigenvalue weighted by molar-refractivity contribution is 0.0825. The Kier molecular flexibility index (Phi) is 10.8. The Labute approximate surface area is 274 Å². The summed E-state index contributed by atoms with van der Waals surface area (Å²) in [6, 6.07) is 8.75. The van der Waals surface area contributed by atoms with Crippen LogP contribution in [0.25, 0.3) is 0 Å². The van der Waals surface area contributed by atoms with E-state index in [0.717, 1.165) is 70.6 Å². The van der Waals surface area contributed by atoms with Crippen LogP contribution in [0.15, 0.2) is 69.6 Å². The Morgan fingerprint density at radius 1 is 1.30 bits per heavy atom. The fourth-order valence-corrected chi connectivity index (χ4v) is 8.18. The topological polar surface area (TPSA) is 100 Å². The predicted octanol–water partition coefficient (Wildman–Crippen LogP) is 6.11. The average Bonchev–Trinajstić information content (AvgIpc) is 3.28. The Morgan fingerprint density at radius 2 is 2.09 bits per heavy atom. The van der Waals surface area contributed by atoms with Gasteiger partial charge in [0, 0.05) is 24.6 Å². The van der Waals surface area contributed by atoms with Crippen LogP contribution in [0.2, 0.25) is 0 Å². The molecule has 2 aliphatic heterocycles. The van der Waals surface area contributed by atoms with E-state index < -0.39 is 15.4 Å². The number of aliphatic hydroxyl groups excluding tert-OH is 1. The Morgan fingerprint density at radius 3 is 2.82 bits per heavy atom. The highest BCUT2D eigenvalue weighted by atomic mass is 79.9. The van der Waals surface area contributed by atoms with E-state index in [4.69, 9.17) is 9.47 Å². The van der Waals surface area contributed by atoms with Gasteiger partial charge in [-0.05, 0) is 103 Å². The van der Waals surface area contributed by atoms with Crippen molar-refractivity contribution in [1.29, 1.82) is 0 Å². The number of thioether (sulfide) groups is 1. The molecule has 0 saturated heterocycles. The van der Waals surface area contributed by atoms with Crippen LogP contribution in [-0.2, 0) is 22.0 Å². The molecule has 11 heteroatoms. The molecule has 0 fully saturated rings. The third kappa shape index (κ3) is 6.92. The lowest BCUT2D eigenvalue weighted by Gasteiger charge is -2.38. The molecule has 0 bridgehead atoms. The first-order valence-corrected chi connectivity index (χ1v) is 18.8. The van der Waals surface area contributed by atoms with Crippen molar-refractivity contribution >= 4 is 43.4 Å². The molecule has 0 saturated carbocycles. The number of sulfonamides is 1. The van der Waals surface area contributed by atoms with Gasteiger partial charge in [-0.25, -0.2) is 0 Å². The standard InChI is InChI=1S/C33H42BrN3O5S2/c1-4-5-6-7-16-41-28-18-24-21-37(15-8-17-43-3)26(22-38)20-33-14-13-25(19-29(33)42-32(30(24)33)31(28)34)35-36-44(39,40)27-11-9-23(2)10-12-27/h4,9-14,18,26,29,36,38H,1,5-8,15-17,19-22H2,2-3H3/b35-25+/t26-,29+,33?/m0/s1. The Bertz CT molecular complexity index is 1510. The first-order valence-electron chi connectivity index (χ1n) is 15.2. The maximum Gasteiger partial charge on any atom is 0.276 e. The number of nitrogens with one attached hydrogen (secondary N) is 1. The van der Waals surface area contributed by atoms with Crippen molar-refractivity contribution in [2.45, 2.75) is 74.4 Å². The van der Waals surface area contributed by atoms with Gasteiger partial charge >= 0.3 is 0 Å². The van der Waals surface area contributed by atoms with E-state index in [1.165, 1.54) is 0 Å². The summed E-state index contributed by atoms with van der Waals surface area (Å²) in [4.78, 5) is 4.97. The average molecular weight is 705 g/mol. The van der Waals surface area contributed by atoms with Gasteiger partial charge in [-0.2, -0.15) is 30.1 Å². The molecule has 5 rings (SSSR count). The molecule has 44 heavy (non-hydrogen) atoms. The van der Waals surface area contributed by atoms with Crippen molar-refractivity contribution in [2.24, 2.45) is 5.10 Å². The molecule has 238 valence electrons. The van der Waals surface area contributed by atoms with Crippen molar-refractivity contribution in [1.82, 2.24) is 9.73 Å². The SMILES string of the molecule is C=CCCCCOc1cc2c3c(c1Br)O[C@@H]1C/C(=N/NS(=O)(=O)c4ccc(C)cc4)C=CC31C[C@@H](CO)N(CCCSC)C2. The van der Waals surface area contributed by atoms with E-state index in [0.29, 0.717) is 31.7 Å². The Hall–Kier alpha value is -2.31. The van der Waals surface area contributed by atoms with Crippen molar-refractivity contribution in [3.63, 3.8) is 0 Å². The second-order valence-electron chi connectivity index (χ2n) is 11.7. The molecule has 0 radical (unpaired) electrons. The second kappa shape index (κ2) is 14.4. The molecule has 0 amide bonds. The highest BCUT2D eigenvalue weighted by Crippen LogP contribution is 2.57. The molecule has 2 heterocycles. The maximum absolute atomic E-state index is 12.9. The van der Waals surface area contributed by atoms with Gasteiger partial charge in [0.15, 0.2) is 0 Å². The molecule has 1 aliphatic carbocycles. The number of halogens is 1. The van der Waals surface area contributed by atoms with Crippen molar-refractivity contribution in [2.75, 3.05) is 31.8 Å². The van der Waals surface area contributed by atoms with Crippen molar-refractivity contribution in [3.05, 3.63) is 76.3 Å². The Balaban J connectivity index is 1.48. The van der Waals surface area contributed by atoms with E-state index in [-0.39, 0.29) is 23.6 Å². The van der Waals surface area contributed by atoms with Crippen LogP contribution in [0.1, 0.15) is 55.2 Å². The normalized spacial score (nSPS) is 23.5. The van der Waals surface area contributed by atoms with Crippen LogP contribution in [-0.4, -0.2) is 68.0 Å². The maximum atomic E-state index is 12.9. The molecule has 0 aromatic heterocycles. The van der Waals surface area contributed by atoms with Crippen LogP contribution in [0, 0.1) is 6.92 Å². The van der Waals surface area contributed by atoms with Gasteiger partial charge in [-0.3, -0.25) is 4.90 Å². The van der Waals surface area contributed by atoms with Crippen LogP contribution < -0.4 is 14.3 Å². The highest BCUT2D eigenvalue weighted by Gasteiger charge is 2.54. The summed E-state index contributed by atoms with van der Waals surface area (Å²) in [7, 11) is -3.82. The number of benzene rings is 2. The van der Waals surface area contributed by atoms with E-state index in [1.807, 2.05) is 30.8 Å². The molecule has 2 N–H and O–H groups in total. The van der Waals surface area contributed by atoms with Gasteiger partial charge in [-0.1, -0.05) is 29.8 Å². The fourth-order valence-electron chi connectivity index (χ4n) is 6.40. The smallest absolute Gasteiger partial charge is 0.276 e. The van der Waals surface area contributed by atoms with Gasteiger partial charge in [0.05, 0.1) is 29.2 Å². The number of unbranched alkanes of at least 4 members (excludes halogenated alkanes) is 2. The summed E-state index contributed by atoms with van der Waals surface area (Å²) in [5.41, 5.74) is 3.33. The zero-order valence-corrected chi connectivity index (χ0v) is 28.6. The number of aliphatic hydroxyl groups is 1. The van der Waals surface area contributed by atoms with Gasteiger partial charge < -0.3 is 14.6 Å². The first-order chi connectivity index (χ1) is 21.2. The molecule has 2 aromatic rings. The zero-order valence-electron chi connectivity index (χ0n) is 25.4. The molecule has 3 aliphatic rings. The second-order valence-corrected chi connectivity index (χ2v) is 15.2. The molecular formula is C33H42BrN3O5S2. The first kappa shape index (κ1) is 33.1. The third-order valence-electron chi connectivity index (χ3n) is 8.71. The highest BCUT2D eigenvalue weighted by molar-refractivity contribution is 9.10. The number of hydrazone groups is 1. The quantitative estimate of drug-likeness (QED) is 0.139. The summed E-state index contributed by atoms with van der Waals surface area (Å²) in [5.74, 6) is 2.57. The third-order valence-corrected chi connectivity index (χ3v) is 11.4. The molecule has 1 spiro atoms. The zero-order chi connectivity index (χ0) is 31.3. The summed E-state index contributed by atoms with van der Waals surface area (Å²) >= 11 is 5.64. The van der Waals surface area contributed by atoms with Gasteiger partial charge in [0.2, 0.25) is 0 Å². The van der Waals surface area contributed by atoms with Crippen LogP contribution in [0.4, 0.5) is 0 Å². The number of allylic oxidation sites excluding steroid dienone is 2. The van der Waals surface area contributed by atoms with Crippen LogP contribution in [0.5, 0.6) is 11.5 Å². The minimum Gasteiger partial charge on any atom is -0.492 e. The van der Waals surface area contributed by atoms with E-state index in [9.17, 15) is 13.5 Å². The number of rotatable bonds is 14. The van der Waals surface area contributed by atoms with Crippen LogP contribution in [0.3, 0.4) is 0 Å². The molecule has 2 aromatic carbocycles. The molecule has 8 nitrogen and oxygen atoms in total. The van der Waals surface area contributed by atoms with Crippen LogP contribution >= 0.6 is 27.7 Å².